The summed E-state index contributed by atoms with van der Waals surface area (Å²) in [5, 5.41) is 8.65. The van der Waals surface area contributed by atoms with E-state index in [2.05, 4.69) is 0 Å². The van der Waals surface area contributed by atoms with E-state index in [1.165, 1.54) is 7.11 Å². The van der Waals surface area contributed by atoms with Crippen LogP contribution in [-0.2, 0) is 4.79 Å². The number of carboxylic acid groups (broad SMARTS) is 1. The molecule has 2 rings (SSSR count). The molecule has 0 spiro atoms. The zero-order valence-corrected chi connectivity index (χ0v) is 12.8. The summed E-state index contributed by atoms with van der Waals surface area (Å²) in [6, 6.07) is 13.9. The van der Waals surface area contributed by atoms with E-state index >= 15 is 0 Å². The van der Waals surface area contributed by atoms with Gasteiger partial charge >= 0.3 is 5.97 Å². The Bertz CT molecular complexity index is 679. The number of hydrogen-bond donors (Lipinski definition) is 1. The lowest BCUT2D eigenvalue weighted by Crippen LogP contribution is -2.08. The molecular formula is C18H18O5. The van der Waals surface area contributed by atoms with Gasteiger partial charge in [0.05, 0.1) is 19.3 Å². The predicted molar refractivity (Wildman–Crippen MR) is 85.2 cm³/mol. The molecule has 23 heavy (non-hydrogen) atoms. The molecule has 2 aromatic rings. The summed E-state index contributed by atoms with van der Waals surface area (Å²) in [6.07, 6.45) is 0.386. The fraction of sp³-hybridized carbons (Fsp3) is 0.222. The third kappa shape index (κ3) is 4.57. The third-order valence-electron chi connectivity index (χ3n) is 3.26. The van der Waals surface area contributed by atoms with Crippen molar-refractivity contribution in [2.24, 2.45) is 0 Å². The molecule has 0 unspecified atom stereocenters. The normalized spacial score (nSPS) is 10.1. The first kappa shape index (κ1) is 16.5. The highest BCUT2D eigenvalue weighted by molar-refractivity contribution is 6.10. The quantitative estimate of drug-likeness (QED) is 0.598. The van der Waals surface area contributed by atoms with Crippen LogP contribution in [-0.4, -0.2) is 30.6 Å². The van der Waals surface area contributed by atoms with Crippen molar-refractivity contribution in [3.05, 3.63) is 59.7 Å². The van der Waals surface area contributed by atoms with E-state index in [0.29, 0.717) is 29.0 Å². The maximum absolute atomic E-state index is 12.6. The molecule has 5 nitrogen and oxygen atoms in total. The summed E-state index contributed by atoms with van der Waals surface area (Å²) < 4.78 is 10.8. The van der Waals surface area contributed by atoms with Crippen LogP contribution in [0.1, 0.15) is 28.8 Å². The average Bonchev–Trinajstić information content (AvgIpc) is 2.58. The Balaban J connectivity index is 2.20. The van der Waals surface area contributed by atoms with E-state index in [1.807, 2.05) is 6.07 Å². The van der Waals surface area contributed by atoms with Gasteiger partial charge in [-0.15, -0.1) is 0 Å². The maximum atomic E-state index is 12.6. The van der Waals surface area contributed by atoms with Crippen molar-refractivity contribution in [1.29, 1.82) is 0 Å². The van der Waals surface area contributed by atoms with Crippen molar-refractivity contribution < 1.29 is 24.2 Å². The molecule has 2 aromatic carbocycles. The van der Waals surface area contributed by atoms with Gasteiger partial charge in [0.1, 0.15) is 11.5 Å². The summed E-state index contributed by atoms with van der Waals surface area (Å²) >= 11 is 0. The minimum Gasteiger partial charge on any atom is -0.497 e. The van der Waals surface area contributed by atoms with Gasteiger partial charge in [0.25, 0.3) is 0 Å². The summed E-state index contributed by atoms with van der Waals surface area (Å²) in [5.74, 6) is -0.0623. The number of benzene rings is 2. The standard InChI is InChI=1S/C18H18O5/c1-22-14-9-10-15(18(21)13-6-3-2-4-7-13)16(12-14)23-11-5-8-17(19)20/h2-4,6-7,9-10,12H,5,8,11H2,1H3,(H,19,20). The smallest absolute Gasteiger partial charge is 0.303 e. The van der Waals surface area contributed by atoms with Crippen molar-refractivity contribution in [1.82, 2.24) is 0 Å². The first-order valence-electron chi connectivity index (χ1n) is 7.24. The molecule has 0 saturated heterocycles. The number of aliphatic carboxylic acids is 1. The fourth-order valence-electron chi connectivity index (χ4n) is 2.09. The van der Waals surface area contributed by atoms with E-state index in [-0.39, 0.29) is 18.8 Å². The number of rotatable bonds is 8. The first-order chi connectivity index (χ1) is 11.1. The van der Waals surface area contributed by atoms with E-state index in [9.17, 15) is 9.59 Å². The highest BCUT2D eigenvalue weighted by Crippen LogP contribution is 2.27. The summed E-state index contributed by atoms with van der Waals surface area (Å²) in [6.45, 7) is 0.217. The van der Waals surface area contributed by atoms with Crippen molar-refractivity contribution in [2.45, 2.75) is 12.8 Å². The van der Waals surface area contributed by atoms with Gasteiger partial charge in [-0.2, -0.15) is 0 Å². The van der Waals surface area contributed by atoms with Crippen molar-refractivity contribution in [3.63, 3.8) is 0 Å². The zero-order chi connectivity index (χ0) is 16.7. The van der Waals surface area contributed by atoms with Gasteiger partial charge in [-0.05, 0) is 18.6 Å². The Morgan fingerprint density at radius 1 is 1.09 bits per heavy atom. The van der Waals surface area contributed by atoms with E-state index in [0.717, 1.165) is 0 Å². The third-order valence-corrected chi connectivity index (χ3v) is 3.26. The number of carbonyl (C=O) groups excluding carboxylic acids is 1. The summed E-state index contributed by atoms with van der Waals surface area (Å²) in [7, 11) is 1.53. The second-order valence-corrected chi connectivity index (χ2v) is 4.90. The maximum Gasteiger partial charge on any atom is 0.303 e. The molecule has 0 atom stereocenters. The highest BCUT2D eigenvalue weighted by Gasteiger charge is 2.15. The van der Waals surface area contributed by atoms with Gasteiger partial charge < -0.3 is 14.6 Å². The Hall–Kier alpha value is -2.82. The van der Waals surface area contributed by atoms with Crippen LogP contribution in [0, 0.1) is 0 Å². The number of hydrogen-bond acceptors (Lipinski definition) is 4. The Kier molecular flexibility index (Phi) is 5.74. The minimum atomic E-state index is -0.875. The Morgan fingerprint density at radius 2 is 1.83 bits per heavy atom. The van der Waals surface area contributed by atoms with Gasteiger partial charge in [0.2, 0.25) is 0 Å². The van der Waals surface area contributed by atoms with E-state index < -0.39 is 5.97 Å². The second-order valence-electron chi connectivity index (χ2n) is 4.90. The molecule has 0 heterocycles. The highest BCUT2D eigenvalue weighted by atomic mass is 16.5. The van der Waals surface area contributed by atoms with E-state index in [4.69, 9.17) is 14.6 Å². The van der Waals surface area contributed by atoms with Crippen molar-refractivity contribution >= 4 is 11.8 Å². The van der Waals surface area contributed by atoms with Crippen LogP contribution in [0.4, 0.5) is 0 Å². The number of ketones is 1. The largest absolute Gasteiger partial charge is 0.497 e. The molecule has 0 fully saturated rings. The Labute approximate surface area is 134 Å². The summed E-state index contributed by atoms with van der Waals surface area (Å²) in [4.78, 5) is 23.1. The van der Waals surface area contributed by atoms with Crippen LogP contribution in [0.15, 0.2) is 48.5 Å². The topological polar surface area (TPSA) is 72.8 Å². The summed E-state index contributed by atoms with van der Waals surface area (Å²) in [5.41, 5.74) is 0.986. The van der Waals surface area contributed by atoms with Crippen LogP contribution in [0.2, 0.25) is 0 Å². The Morgan fingerprint density at radius 3 is 2.48 bits per heavy atom. The number of carboxylic acids is 1. The first-order valence-corrected chi connectivity index (χ1v) is 7.24. The van der Waals surface area contributed by atoms with Crippen molar-refractivity contribution in [2.75, 3.05) is 13.7 Å². The lowest BCUT2D eigenvalue weighted by molar-refractivity contribution is -0.137. The minimum absolute atomic E-state index is 0.0198. The van der Waals surface area contributed by atoms with Gasteiger partial charge in [-0.25, -0.2) is 0 Å². The van der Waals surface area contributed by atoms with Crippen molar-refractivity contribution in [3.8, 4) is 11.5 Å². The molecule has 0 saturated carbocycles. The zero-order valence-electron chi connectivity index (χ0n) is 12.8. The van der Waals surface area contributed by atoms with Crippen LogP contribution >= 0.6 is 0 Å². The molecule has 0 aliphatic rings. The van der Waals surface area contributed by atoms with Gasteiger partial charge in [-0.3, -0.25) is 9.59 Å². The average molecular weight is 314 g/mol. The van der Waals surface area contributed by atoms with Gasteiger partial charge in [-0.1, -0.05) is 30.3 Å². The lowest BCUT2D eigenvalue weighted by Gasteiger charge is -2.12. The lowest BCUT2D eigenvalue weighted by atomic mass is 10.0. The van der Waals surface area contributed by atoms with Crippen LogP contribution in [0.3, 0.4) is 0 Å². The monoisotopic (exact) mass is 314 g/mol. The molecule has 0 aromatic heterocycles. The molecule has 5 heteroatoms. The number of ether oxygens (including phenoxy) is 2. The molecule has 0 amide bonds. The molecule has 1 N–H and O–H groups in total. The molecular weight excluding hydrogens is 296 g/mol. The predicted octanol–water partition coefficient (Wildman–Crippen LogP) is 3.17. The van der Waals surface area contributed by atoms with Gasteiger partial charge in [0, 0.05) is 18.1 Å². The van der Waals surface area contributed by atoms with Gasteiger partial charge in [0.15, 0.2) is 5.78 Å². The molecule has 0 bridgehead atoms. The van der Waals surface area contributed by atoms with Crippen LogP contribution < -0.4 is 9.47 Å². The molecule has 0 radical (unpaired) electrons. The van der Waals surface area contributed by atoms with Crippen LogP contribution in [0.5, 0.6) is 11.5 Å². The molecule has 0 aliphatic carbocycles. The fourth-order valence-corrected chi connectivity index (χ4v) is 2.09. The number of carbonyl (C=O) groups is 2. The number of methoxy groups -OCH3 is 1. The van der Waals surface area contributed by atoms with Crippen LogP contribution in [0.25, 0.3) is 0 Å². The van der Waals surface area contributed by atoms with E-state index in [1.54, 1.807) is 42.5 Å². The second kappa shape index (κ2) is 7.98. The SMILES string of the molecule is COc1ccc(C(=O)c2ccccc2)c(OCCCC(=O)O)c1. The molecule has 120 valence electrons. The molecule has 0 aliphatic heterocycles.